The minimum atomic E-state index is -0.356. The second kappa shape index (κ2) is 7.48. The van der Waals surface area contributed by atoms with Gasteiger partial charge in [-0.3, -0.25) is 9.69 Å². The van der Waals surface area contributed by atoms with E-state index in [9.17, 15) is 4.79 Å². The zero-order valence-electron chi connectivity index (χ0n) is 11.3. The number of nitrogens with zero attached hydrogens (tertiary/aromatic N) is 1. The molecule has 2 rings (SSSR count). The van der Waals surface area contributed by atoms with Crippen LogP contribution in [0, 0.1) is 0 Å². The van der Waals surface area contributed by atoms with E-state index in [0.717, 1.165) is 25.2 Å². The van der Waals surface area contributed by atoms with Gasteiger partial charge in [0.05, 0.1) is 0 Å². The Bertz CT molecular complexity index is 425. The van der Waals surface area contributed by atoms with Crippen molar-refractivity contribution in [2.45, 2.75) is 25.4 Å². The predicted octanol–water partition coefficient (Wildman–Crippen LogP) is 1.39. The zero-order chi connectivity index (χ0) is 13.0. The standard InChI is InChI=1S/C14H21N3O.ClH/c1-16-9-13-6-3-7-17(13)10-11-4-2-5-12(8-11)14(15)18;/h2,4-5,8,13,16H,3,6-7,9-10H2,1H3,(H2,15,18);1H. The number of hydrogen-bond acceptors (Lipinski definition) is 3. The molecule has 1 heterocycles. The molecule has 1 saturated heterocycles. The van der Waals surface area contributed by atoms with E-state index in [0.29, 0.717) is 11.6 Å². The summed E-state index contributed by atoms with van der Waals surface area (Å²) >= 11 is 0. The van der Waals surface area contributed by atoms with Crippen molar-refractivity contribution in [2.24, 2.45) is 5.73 Å². The van der Waals surface area contributed by atoms with E-state index in [1.807, 2.05) is 19.2 Å². The third-order valence-corrected chi connectivity index (χ3v) is 3.54. The molecule has 0 saturated carbocycles. The minimum absolute atomic E-state index is 0. The monoisotopic (exact) mass is 283 g/mol. The molecule has 1 fully saturated rings. The molecule has 1 aromatic rings. The summed E-state index contributed by atoms with van der Waals surface area (Å²) in [5.74, 6) is -0.356. The van der Waals surface area contributed by atoms with Gasteiger partial charge in [0.25, 0.3) is 0 Å². The van der Waals surface area contributed by atoms with Crippen LogP contribution in [0.25, 0.3) is 0 Å². The molecule has 0 bridgehead atoms. The van der Waals surface area contributed by atoms with Crippen LogP contribution >= 0.6 is 12.4 Å². The number of nitrogens with one attached hydrogen (secondary N) is 1. The van der Waals surface area contributed by atoms with E-state index >= 15 is 0 Å². The van der Waals surface area contributed by atoms with Crippen LogP contribution in [0.15, 0.2) is 24.3 Å². The largest absolute Gasteiger partial charge is 0.366 e. The molecule has 0 aromatic heterocycles. The molecule has 1 unspecified atom stereocenters. The normalized spacial score (nSPS) is 19.1. The number of primary amides is 1. The first-order valence-electron chi connectivity index (χ1n) is 6.48. The maximum absolute atomic E-state index is 11.2. The van der Waals surface area contributed by atoms with Gasteiger partial charge in [0, 0.05) is 24.7 Å². The van der Waals surface area contributed by atoms with Crippen molar-refractivity contribution in [1.29, 1.82) is 0 Å². The Hall–Kier alpha value is -1.10. The number of nitrogens with two attached hydrogens (primary N) is 1. The molecule has 1 aromatic carbocycles. The van der Waals surface area contributed by atoms with Gasteiger partial charge >= 0.3 is 0 Å². The molecule has 106 valence electrons. The lowest BCUT2D eigenvalue weighted by molar-refractivity contribution is 0.1000. The average molecular weight is 284 g/mol. The Morgan fingerprint density at radius 3 is 3.00 bits per heavy atom. The molecule has 3 N–H and O–H groups in total. The summed E-state index contributed by atoms with van der Waals surface area (Å²) in [5.41, 5.74) is 7.06. The number of hydrogen-bond donors (Lipinski definition) is 2. The van der Waals surface area contributed by atoms with Gasteiger partial charge in [0.2, 0.25) is 5.91 Å². The summed E-state index contributed by atoms with van der Waals surface area (Å²) in [7, 11) is 1.99. The molecule has 1 aliphatic heterocycles. The fourth-order valence-electron chi connectivity index (χ4n) is 2.63. The van der Waals surface area contributed by atoms with E-state index in [4.69, 9.17) is 5.73 Å². The summed E-state index contributed by atoms with van der Waals surface area (Å²) in [6.07, 6.45) is 2.50. The molecule has 4 nitrogen and oxygen atoms in total. The second-order valence-corrected chi connectivity index (χ2v) is 4.89. The van der Waals surface area contributed by atoms with Crippen molar-refractivity contribution in [3.05, 3.63) is 35.4 Å². The third-order valence-electron chi connectivity index (χ3n) is 3.54. The van der Waals surface area contributed by atoms with Gasteiger partial charge in [-0.1, -0.05) is 12.1 Å². The number of rotatable bonds is 5. The van der Waals surface area contributed by atoms with Gasteiger partial charge in [-0.25, -0.2) is 0 Å². The van der Waals surface area contributed by atoms with Crippen molar-refractivity contribution in [1.82, 2.24) is 10.2 Å². The van der Waals surface area contributed by atoms with Gasteiger partial charge in [0.15, 0.2) is 0 Å². The van der Waals surface area contributed by atoms with Crippen molar-refractivity contribution >= 4 is 18.3 Å². The summed E-state index contributed by atoms with van der Waals surface area (Å²) in [5, 5.41) is 3.24. The number of carbonyl (C=O) groups is 1. The molecular weight excluding hydrogens is 262 g/mol. The SMILES string of the molecule is CNCC1CCCN1Cc1cccc(C(N)=O)c1.Cl. The molecule has 0 spiro atoms. The summed E-state index contributed by atoms with van der Waals surface area (Å²) in [4.78, 5) is 13.6. The van der Waals surface area contributed by atoms with Crippen molar-refractivity contribution in [3.63, 3.8) is 0 Å². The Balaban J connectivity index is 0.00000180. The average Bonchev–Trinajstić information content (AvgIpc) is 2.77. The fourth-order valence-corrected chi connectivity index (χ4v) is 2.63. The lowest BCUT2D eigenvalue weighted by atomic mass is 10.1. The van der Waals surface area contributed by atoms with Crippen molar-refractivity contribution < 1.29 is 4.79 Å². The van der Waals surface area contributed by atoms with Gasteiger partial charge in [-0.2, -0.15) is 0 Å². The maximum Gasteiger partial charge on any atom is 0.248 e. The zero-order valence-corrected chi connectivity index (χ0v) is 12.1. The fraction of sp³-hybridized carbons (Fsp3) is 0.500. The lowest BCUT2D eigenvalue weighted by Crippen LogP contribution is -2.36. The van der Waals surface area contributed by atoms with Crippen LogP contribution in [0.5, 0.6) is 0 Å². The van der Waals surface area contributed by atoms with E-state index < -0.39 is 0 Å². The highest BCUT2D eigenvalue weighted by molar-refractivity contribution is 5.92. The van der Waals surface area contributed by atoms with Gasteiger partial charge in [-0.15, -0.1) is 12.4 Å². The van der Waals surface area contributed by atoms with Crippen LogP contribution in [0.2, 0.25) is 0 Å². The lowest BCUT2D eigenvalue weighted by Gasteiger charge is -2.24. The van der Waals surface area contributed by atoms with E-state index in [1.54, 1.807) is 6.07 Å². The molecule has 0 aliphatic carbocycles. The number of likely N-dealkylation sites (tertiary alicyclic amines) is 1. The molecule has 19 heavy (non-hydrogen) atoms. The number of amides is 1. The highest BCUT2D eigenvalue weighted by Gasteiger charge is 2.23. The molecular formula is C14H22ClN3O. The van der Waals surface area contributed by atoms with Crippen LogP contribution in [-0.2, 0) is 6.54 Å². The van der Waals surface area contributed by atoms with Crippen LogP contribution < -0.4 is 11.1 Å². The number of benzene rings is 1. The quantitative estimate of drug-likeness (QED) is 0.859. The highest BCUT2D eigenvalue weighted by atomic mass is 35.5. The van der Waals surface area contributed by atoms with Crippen LogP contribution in [0.1, 0.15) is 28.8 Å². The Morgan fingerprint density at radius 2 is 2.32 bits per heavy atom. The van der Waals surface area contributed by atoms with Crippen LogP contribution in [0.3, 0.4) is 0 Å². The van der Waals surface area contributed by atoms with Gasteiger partial charge < -0.3 is 11.1 Å². The van der Waals surface area contributed by atoms with Gasteiger partial charge in [-0.05, 0) is 44.1 Å². The molecule has 1 aliphatic rings. The molecule has 0 radical (unpaired) electrons. The first-order valence-corrected chi connectivity index (χ1v) is 6.48. The van der Waals surface area contributed by atoms with E-state index in [-0.39, 0.29) is 18.3 Å². The Kier molecular flexibility index (Phi) is 6.28. The highest BCUT2D eigenvalue weighted by Crippen LogP contribution is 2.19. The topological polar surface area (TPSA) is 58.4 Å². The summed E-state index contributed by atoms with van der Waals surface area (Å²) < 4.78 is 0. The molecule has 5 heteroatoms. The summed E-state index contributed by atoms with van der Waals surface area (Å²) in [6, 6.07) is 8.23. The van der Waals surface area contributed by atoms with Crippen LogP contribution in [0.4, 0.5) is 0 Å². The molecule has 1 amide bonds. The number of carbonyl (C=O) groups excluding carboxylic acids is 1. The Morgan fingerprint density at radius 1 is 1.53 bits per heavy atom. The van der Waals surface area contributed by atoms with Gasteiger partial charge in [0.1, 0.15) is 0 Å². The smallest absolute Gasteiger partial charge is 0.248 e. The number of likely N-dealkylation sites (N-methyl/N-ethyl adjacent to an activating group) is 1. The van der Waals surface area contributed by atoms with Crippen molar-refractivity contribution in [2.75, 3.05) is 20.1 Å². The van der Waals surface area contributed by atoms with Crippen molar-refractivity contribution in [3.8, 4) is 0 Å². The van der Waals surface area contributed by atoms with E-state index in [2.05, 4.69) is 16.3 Å². The first kappa shape index (κ1) is 16.0. The maximum atomic E-state index is 11.2. The minimum Gasteiger partial charge on any atom is -0.366 e. The third kappa shape index (κ3) is 4.20. The van der Waals surface area contributed by atoms with E-state index in [1.165, 1.54) is 12.8 Å². The number of halogens is 1. The Labute approximate surface area is 120 Å². The van der Waals surface area contributed by atoms with Crippen LogP contribution in [-0.4, -0.2) is 37.0 Å². The predicted molar refractivity (Wildman–Crippen MR) is 79.6 cm³/mol. The second-order valence-electron chi connectivity index (χ2n) is 4.89. The first-order chi connectivity index (χ1) is 8.70. The molecule has 1 atom stereocenters. The summed E-state index contributed by atoms with van der Waals surface area (Å²) in [6.45, 7) is 3.05.